The van der Waals surface area contributed by atoms with E-state index in [2.05, 4.69) is 15.5 Å². The van der Waals surface area contributed by atoms with Crippen LogP contribution in [0, 0.1) is 0 Å². The average molecular weight is 221 g/mol. The Morgan fingerprint density at radius 1 is 1.50 bits per heavy atom. The van der Waals surface area contributed by atoms with Crippen molar-refractivity contribution >= 4 is 12.3 Å². The van der Waals surface area contributed by atoms with E-state index in [0.29, 0.717) is 5.69 Å². The number of hydrazone groups is 1. The lowest BCUT2D eigenvalue weighted by molar-refractivity contribution is 0.0529. The van der Waals surface area contributed by atoms with Gasteiger partial charge in [-0.2, -0.15) is 5.10 Å². The Balaban J connectivity index is 2.41. The Morgan fingerprint density at radius 2 is 2.25 bits per heavy atom. The van der Waals surface area contributed by atoms with Crippen molar-refractivity contribution in [2.75, 3.05) is 0 Å². The van der Waals surface area contributed by atoms with E-state index in [1.54, 1.807) is 39.1 Å². The van der Waals surface area contributed by atoms with Gasteiger partial charge in [0.25, 0.3) is 0 Å². The summed E-state index contributed by atoms with van der Waals surface area (Å²) in [6, 6.07) is 5.42. The Bertz CT molecular complexity index is 369. The maximum atomic E-state index is 11.2. The molecule has 1 amide bonds. The van der Waals surface area contributed by atoms with Gasteiger partial charge in [-0.25, -0.2) is 10.2 Å². The number of amides is 1. The van der Waals surface area contributed by atoms with Gasteiger partial charge in [0.1, 0.15) is 5.60 Å². The van der Waals surface area contributed by atoms with Crippen molar-refractivity contribution in [2.24, 2.45) is 5.10 Å². The first-order valence-corrected chi connectivity index (χ1v) is 4.90. The van der Waals surface area contributed by atoms with Crippen LogP contribution in [0.2, 0.25) is 0 Å². The first-order chi connectivity index (χ1) is 7.47. The summed E-state index contributed by atoms with van der Waals surface area (Å²) in [5.41, 5.74) is 2.40. The van der Waals surface area contributed by atoms with Crippen LogP contribution in [-0.4, -0.2) is 22.9 Å². The van der Waals surface area contributed by atoms with Crippen LogP contribution in [0.5, 0.6) is 0 Å². The minimum Gasteiger partial charge on any atom is -0.443 e. The summed E-state index contributed by atoms with van der Waals surface area (Å²) in [4.78, 5) is 15.2. The molecule has 1 heterocycles. The standard InChI is InChI=1S/C11H15N3O2/c1-11(2,3)16-10(15)14-13-8-9-6-4-5-7-12-9/h4-8H,1-3H3,(H,14,15)/b13-8+. The van der Waals surface area contributed by atoms with E-state index in [4.69, 9.17) is 4.74 Å². The van der Waals surface area contributed by atoms with Gasteiger partial charge in [-0.05, 0) is 32.9 Å². The molecule has 0 saturated carbocycles. The molecule has 0 aromatic carbocycles. The predicted octanol–water partition coefficient (Wildman–Crippen LogP) is 1.94. The molecule has 16 heavy (non-hydrogen) atoms. The summed E-state index contributed by atoms with van der Waals surface area (Å²) in [5, 5.41) is 3.71. The lowest BCUT2D eigenvalue weighted by Crippen LogP contribution is -2.29. The van der Waals surface area contributed by atoms with Gasteiger partial charge in [-0.15, -0.1) is 0 Å². The lowest BCUT2D eigenvalue weighted by atomic mass is 10.2. The summed E-state index contributed by atoms with van der Waals surface area (Å²) in [6.45, 7) is 5.36. The van der Waals surface area contributed by atoms with Crippen LogP contribution >= 0.6 is 0 Å². The van der Waals surface area contributed by atoms with Crippen LogP contribution < -0.4 is 5.43 Å². The average Bonchev–Trinajstić information content (AvgIpc) is 2.16. The van der Waals surface area contributed by atoms with E-state index in [0.717, 1.165) is 0 Å². The number of hydrogen-bond donors (Lipinski definition) is 1. The molecule has 0 spiro atoms. The van der Waals surface area contributed by atoms with Gasteiger partial charge in [-0.1, -0.05) is 6.07 Å². The van der Waals surface area contributed by atoms with Crippen LogP contribution in [0.25, 0.3) is 0 Å². The van der Waals surface area contributed by atoms with Gasteiger partial charge >= 0.3 is 6.09 Å². The van der Waals surface area contributed by atoms with Gasteiger partial charge in [0.05, 0.1) is 11.9 Å². The third-order valence-corrected chi connectivity index (χ3v) is 1.44. The molecule has 5 heteroatoms. The number of pyridine rings is 1. The number of ether oxygens (including phenoxy) is 1. The Kier molecular flexibility index (Phi) is 3.99. The largest absolute Gasteiger partial charge is 0.443 e. The summed E-state index contributed by atoms with van der Waals surface area (Å²) in [5.74, 6) is 0. The molecule has 0 radical (unpaired) electrons. The Labute approximate surface area is 94.5 Å². The summed E-state index contributed by atoms with van der Waals surface area (Å²) in [7, 11) is 0. The maximum Gasteiger partial charge on any atom is 0.428 e. The lowest BCUT2D eigenvalue weighted by Gasteiger charge is -2.18. The Morgan fingerprint density at radius 3 is 2.81 bits per heavy atom. The molecule has 0 saturated heterocycles. The van der Waals surface area contributed by atoms with Crippen LogP contribution in [0.15, 0.2) is 29.5 Å². The zero-order valence-electron chi connectivity index (χ0n) is 9.60. The van der Waals surface area contributed by atoms with Crippen molar-refractivity contribution < 1.29 is 9.53 Å². The van der Waals surface area contributed by atoms with Crippen LogP contribution in [0.1, 0.15) is 26.5 Å². The van der Waals surface area contributed by atoms with Gasteiger partial charge in [0, 0.05) is 6.20 Å². The first-order valence-electron chi connectivity index (χ1n) is 4.90. The molecule has 0 aliphatic rings. The van der Waals surface area contributed by atoms with E-state index < -0.39 is 11.7 Å². The molecular formula is C11H15N3O2. The predicted molar refractivity (Wildman–Crippen MR) is 61.2 cm³/mol. The fraction of sp³-hybridized carbons (Fsp3) is 0.364. The summed E-state index contributed by atoms with van der Waals surface area (Å²) in [6.07, 6.45) is 2.51. The number of carbonyl (C=O) groups excluding carboxylic acids is 1. The highest BCUT2D eigenvalue weighted by Crippen LogP contribution is 2.06. The summed E-state index contributed by atoms with van der Waals surface area (Å²) >= 11 is 0. The number of hydrogen-bond acceptors (Lipinski definition) is 4. The second-order valence-electron chi connectivity index (χ2n) is 4.13. The zero-order chi connectivity index (χ0) is 12.0. The molecule has 5 nitrogen and oxygen atoms in total. The van der Waals surface area contributed by atoms with Gasteiger partial charge in [-0.3, -0.25) is 4.98 Å². The van der Waals surface area contributed by atoms with Crippen LogP contribution in [0.3, 0.4) is 0 Å². The molecule has 1 aromatic heterocycles. The maximum absolute atomic E-state index is 11.2. The molecule has 1 aromatic rings. The molecule has 1 rings (SSSR count). The highest BCUT2D eigenvalue weighted by atomic mass is 16.6. The van der Waals surface area contributed by atoms with Crippen molar-refractivity contribution in [1.82, 2.24) is 10.4 Å². The van der Waals surface area contributed by atoms with Crippen molar-refractivity contribution in [3.63, 3.8) is 0 Å². The number of rotatable bonds is 2. The molecule has 0 aliphatic carbocycles. The monoisotopic (exact) mass is 221 g/mol. The minimum absolute atomic E-state index is 0.523. The third-order valence-electron chi connectivity index (χ3n) is 1.44. The fourth-order valence-corrected chi connectivity index (χ4v) is 0.904. The molecular weight excluding hydrogens is 206 g/mol. The van der Waals surface area contributed by atoms with Crippen molar-refractivity contribution in [1.29, 1.82) is 0 Å². The van der Waals surface area contributed by atoms with Crippen molar-refractivity contribution in [3.8, 4) is 0 Å². The van der Waals surface area contributed by atoms with Crippen LogP contribution in [-0.2, 0) is 4.74 Å². The topological polar surface area (TPSA) is 63.6 Å². The molecule has 1 N–H and O–H groups in total. The van der Waals surface area contributed by atoms with Crippen molar-refractivity contribution in [3.05, 3.63) is 30.1 Å². The van der Waals surface area contributed by atoms with Crippen LogP contribution in [0.4, 0.5) is 4.79 Å². The molecule has 0 fully saturated rings. The van der Waals surface area contributed by atoms with E-state index >= 15 is 0 Å². The fourth-order valence-electron chi connectivity index (χ4n) is 0.904. The van der Waals surface area contributed by atoms with Gasteiger partial charge < -0.3 is 4.74 Å². The molecule has 0 bridgehead atoms. The smallest absolute Gasteiger partial charge is 0.428 e. The second-order valence-corrected chi connectivity index (χ2v) is 4.13. The number of nitrogens with one attached hydrogen (secondary N) is 1. The van der Waals surface area contributed by atoms with E-state index in [1.807, 2.05) is 6.07 Å². The van der Waals surface area contributed by atoms with E-state index in [-0.39, 0.29) is 0 Å². The highest BCUT2D eigenvalue weighted by Gasteiger charge is 2.15. The molecule has 0 unspecified atom stereocenters. The molecule has 0 aliphatic heterocycles. The SMILES string of the molecule is CC(C)(C)OC(=O)N/N=C/c1ccccn1. The second kappa shape index (κ2) is 5.25. The molecule has 86 valence electrons. The highest BCUT2D eigenvalue weighted by molar-refractivity contribution is 5.78. The third kappa shape index (κ3) is 5.09. The number of aromatic nitrogens is 1. The minimum atomic E-state index is -0.584. The first kappa shape index (κ1) is 12.2. The Hall–Kier alpha value is -1.91. The summed E-state index contributed by atoms with van der Waals surface area (Å²) < 4.78 is 4.99. The quantitative estimate of drug-likeness (QED) is 0.613. The molecule has 0 atom stereocenters. The van der Waals surface area contributed by atoms with E-state index in [1.165, 1.54) is 6.21 Å². The van der Waals surface area contributed by atoms with Gasteiger partial charge in [0.15, 0.2) is 0 Å². The zero-order valence-corrected chi connectivity index (χ0v) is 9.60. The van der Waals surface area contributed by atoms with Gasteiger partial charge in [0.2, 0.25) is 0 Å². The number of nitrogens with zero attached hydrogens (tertiary/aromatic N) is 2. The number of carbonyl (C=O) groups is 1. The van der Waals surface area contributed by atoms with E-state index in [9.17, 15) is 4.79 Å². The normalized spacial score (nSPS) is 11.4. The van der Waals surface area contributed by atoms with Crippen molar-refractivity contribution in [2.45, 2.75) is 26.4 Å².